The monoisotopic (exact) mass is 366 g/mol. The van der Waals surface area contributed by atoms with E-state index in [1.54, 1.807) is 48.6 Å². The molecular weight excluding hydrogens is 355 g/mol. The molecule has 4 aromatic rings. The van der Waals surface area contributed by atoms with Crippen LogP contribution in [0.5, 0.6) is 0 Å². The lowest BCUT2D eigenvalue weighted by atomic mass is 10.1. The topological polar surface area (TPSA) is 69.2 Å². The number of nitro groups is 1. The first-order valence-electron chi connectivity index (χ1n) is 7.68. The molecule has 0 unspecified atom stereocenters. The van der Waals surface area contributed by atoms with Gasteiger partial charge in [-0.15, -0.1) is 11.3 Å². The van der Waals surface area contributed by atoms with Crippen LogP contribution >= 0.6 is 11.3 Å². The minimum absolute atomic E-state index is 0.0129. The van der Waals surface area contributed by atoms with E-state index in [1.165, 1.54) is 29.5 Å². The number of hydrogen-bond donors (Lipinski definition) is 0. The van der Waals surface area contributed by atoms with Gasteiger partial charge in [-0.1, -0.05) is 12.1 Å². The summed E-state index contributed by atoms with van der Waals surface area (Å²) in [4.78, 5) is 14.8. The van der Waals surface area contributed by atoms with Crippen molar-refractivity contribution in [2.75, 3.05) is 0 Å². The Kier molecular flexibility index (Phi) is 4.06. The van der Waals surface area contributed by atoms with Crippen LogP contribution in [0, 0.1) is 15.9 Å². The number of nitrogens with zero attached hydrogens (tertiary/aromatic N) is 2. The Morgan fingerprint density at radius 2 is 1.96 bits per heavy atom. The van der Waals surface area contributed by atoms with E-state index in [-0.39, 0.29) is 11.5 Å². The average molecular weight is 366 g/mol. The van der Waals surface area contributed by atoms with Gasteiger partial charge in [0, 0.05) is 12.1 Å². The molecule has 128 valence electrons. The summed E-state index contributed by atoms with van der Waals surface area (Å²) in [6, 6.07) is 14.5. The second-order valence-corrected chi connectivity index (χ2v) is 6.54. The normalized spacial score (nSPS) is 11.4. The summed E-state index contributed by atoms with van der Waals surface area (Å²) in [6.07, 6.45) is 3.50. The van der Waals surface area contributed by atoms with Gasteiger partial charge in [0.25, 0.3) is 5.69 Å². The summed E-state index contributed by atoms with van der Waals surface area (Å²) in [5.41, 5.74) is 0.994. The van der Waals surface area contributed by atoms with E-state index >= 15 is 0 Å². The van der Waals surface area contributed by atoms with Crippen molar-refractivity contribution in [1.29, 1.82) is 0 Å². The molecule has 2 aromatic heterocycles. The van der Waals surface area contributed by atoms with Crippen LogP contribution < -0.4 is 0 Å². The highest BCUT2D eigenvalue weighted by atomic mass is 32.1. The summed E-state index contributed by atoms with van der Waals surface area (Å²) in [5, 5.41) is 11.5. The number of fused-ring (bicyclic) bond motifs is 1. The molecule has 7 heteroatoms. The Morgan fingerprint density at radius 3 is 2.77 bits per heavy atom. The number of thiazole rings is 1. The number of nitro benzene ring substituents is 1. The van der Waals surface area contributed by atoms with Gasteiger partial charge in [-0.25, -0.2) is 9.37 Å². The highest BCUT2D eigenvalue weighted by Crippen LogP contribution is 2.28. The van der Waals surface area contributed by atoms with Gasteiger partial charge in [0.2, 0.25) is 0 Å². The van der Waals surface area contributed by atoms with Gasteiger partial charge in [-0.2, -0.15) is 0 Å². The van der Waals surface area contributed by atoms with Crippen LogP contribution in [0.3, 0.4) is 0 Å². The molecule has 0 amide bonds. The zero-order chi connectivity index (χ0) is 18.1. The number of non-ortho nitro benzene ring substituents is 1. The molecule has 4 rings (SSSR count). The molecular formula is C19H11FN2O3S. The van der Waals surface area contributed by atoms with Crippen molar-refractivity contribution in [3.63, 3.8) is 0 Å². The smallest absolute Gasteiger partial charge is 0.271 e. The molecule has 0 radical (unpaired) electrons. The van der Waals surface area contributed by atoms with Crippen molar-refractivity contribution >= 4 is 39.4 Å². The van der Waals surface area contributed by atoms with E-state index in [9.17, 15) is 14.5 Å². The number of aromatic nitrogens is 1. The third-order valence-corrected chi connectivity index (χ3v) is 4.76. The van der Waals surface area contributed by atoms with Crippen molar-refractivity contribution in [2.24, 2.45) is 0 Å². The fourth-order valence-electron chi connectivity index (χ4n) is 2.52. The van der Waals surface area contributed by atoms with Crippen molar-refractivity contribution in [3.05, 3.63) is 81.3 Å². The summed E-state index contributed by atoms with van der Waals surface area (Å²) in [6.45, 7) is 0. The molecule has 0 N–H and O–H groups in total. The maximum atomic E-state index is 13.8. The first-order chi connectivity index (χ1) is 12.6. The van der Waals surface area contributed by atoms with E-state index in [0.29, 0.717) is 27.6 Å². The van der Waals surface area contributed by atoms with Crippen LogP contribution in [0.2, 0.25) is 0 Å². The maximum Gasteiger partial charge on any atom is 0.271 e. The Labute approximate surface area is 151 Å². The van der Waals surface area contributed by atoms with Crippen LogP contribution in [0.25, 0.3) is 33.7 Å². The van der Waals surface area contributed by atoms with Crippen LogP contribution in [0.4, 0.5) is 10.1 Å². The highest BCUT2D eigenvalue weighted by Gasteiger charge is 2.10. The van der Waals surface area contributed by atoms with Crippen molar-refractivity contribution < 1.29 is 13.7 Å². The maximum absolute atomic E-state index is 13.8. The molecule has 0 atom stereocenters. The van der Waals surface area contributed by atoms with Crippen LogP contribution in [-0.2, 0) is 0 Å². The third kappa shape index (κ3) is 3.12. The Balaban J connectivity index is 1.60. The van der Waals surface area contributed by atoms with E-state index in [1.807, 2.05) is 0 Å². The molecule has 0 fully saturated rings. The Hall–Kier alpha value is -3.32. The van der Waals surface area contributed by atoms with Crippen molar-refractivity contribution in [3.8, 4) is 11.3 Å². The largest absolute Gasteiger partial charge is 0.457 e. The Morgan fingerprint density at radius 1 is 1.12 bits per heavy atom. The molecule has 5 nitrogen and oxygen atoms in total. The highest BCUT2D eigenvalue weighted by molar-refractivity contribution is 7.19. The predicted molar refractivity (Wildman–Crippen MR) is 99.3 cm³/mol. The first-order valence-corrected chi connectivity index (χ1v) is 8.49. The standard InChI is InChI=1S/C19H11FN2O3S/c20-15-4-2-1-3-14(15)17-8-6-13(25-17)7-10-19-21-16-11-12(22(23)24)5-9-18(16)26-19/h1-11H/b10-7+. The number of rotatable bonds is 4. The summed E-state index contributed by atoms with van der Waals surface area (Å²) in [7, 11) is 0. The number of furan rings is 1. The molecule has 2 aromatic carbocycles. The summed E-state index contributed by atoms with van der Waals surface area (Å²) in [5.74, 6) is 0.668. The second-order valence-electron chi connectivity index (χ2n) is 5.48. The molecule has 0 saturated carbocycles. The van der Waals surface area contributed by atoms with Gasteiger partial charge in [0.15, 0.2) is 0 Å². The van der Waals surface area contributed by atoms with Gasteiger partial charge in [-0.05, 0) is 42.5 Å². The molecule has 0 aliphatic heterocycles. The minimum Gasteiger partial charge on any atom is -0.457 e. The summed E-state index contributed by atoms with van der Waals surface area (Å²) >= 11 is 1.42. The fraction of sp³-hybridized carbons (Fsp3) is 0. The summed E-state index contributed by atoms with van der Waals surface area (Å²) < 4.78 is 20.3. The molecule has 0 spiro atoms. The van der Waals surface area contributed by atoms with Crippen molar-refractivity contribution in [1.82, 2.24) is 4.98 Å². The van der Waals surface area contributed by atoms with Gasteiger partial charge in [0.1, 0.15) is 22.3 Å². The fourth-order valence-corrected chi connectivity index (χ4v) is 3.37. The average Bonchev–Trinajstić information content (AvgIpc) is 3.26. The molecule has 0 bridgehead atoms. The number of benzene rings is 2. The minimum atomic E-state index is -0.443. The zero-order valence-electron chi connectivity index (χ0n) is 13.3. The lowest BCUT2D eigenvalue weighted by molar-refractivity contribution is -0.384. The molecule has 2 heterocycles. The van der Waals surface area contributed by atoms with Gasteiger partial charge in [-0.3, -0.25) is 10.1 Å². The third-order valence-electron chi connectivity index (χ3n) is 3.75. The first kappa shape index (κ1) is 16.2. The van der Waals surface area contributed by atoms with Crippen LogP contribution in [-0.4, -0.2) is 9.91 Å². The second kappa shape index (κ2) is 6.53. The molecule has 0 aliphatic carbocycles. The number of halogens is 1. The zero-order valence-corrected chi connectivity index (χ0v) is 14.1. The van der Waals surface area contributed by atoms with E-state index in [2.05, 4.69) is 4.98 Å². The SMILES string of the molecule is O=[N+]([O-])c1ccc2sc(/C=C/c3ccc(-c4ccccc4F)o3)nc2c1. The van der Waals surface area contributed by atoms with Crippen molar-refractivity contribution in [2.45, 2.75) is 0 Å². The quantitative estimate of drug-likeness (QED) is 0.339. The van der Waals surface area contributed by atoms with Gasteiger partial charge in [0.05, 0.1) is 20.7 Å². The predicted octanol–water partition coefficient (Wildman–Crippen LogP) is 5.77. The van der Waals surface area contributed by atoms with Crippen LogP contribution in [0.1, 0.15) is 10.8 Å². The number of hydrogen-bond acceptors (Lipinski definition) is 5. The van der Waals surface area contributed by atoms with Gasteiger partial charge >= 0.3 is 0 Å². The van der Waals surface area contributed by atoms with Crippen LogP contribution in [0.15, 0.2) is 59.0 Å². The van der Waals surface area contributed by atoms with E-state index in [0.717, 1.165) is 4.70 Å². The lowest BCUT2D eigenvalue weighted by Gasteiger charge is -1.97. The molecule has 0 aliphatic rings. The molecule has 26 heavy (non-hydrogen) atoms. The Bertz CT molecular complexity index is 1150. The van der Waals surface area contributed by atoms with E-state index in [4.69, 9.17) is 4.42 Å². The van der Waals surface area contributed by atoms with E-state index < -0.39 is 4.92 Å². The van der Waals surface area contributed by atoms with Gasteiger partial charge < -0.3 is 4.42 Å². The molecule has 0 saturated heterocycles. The lowest BCUT2D eigenvalue weighted by Crippen LogP contribution is -1.86.